The van der Waals surface area contributed by atoms with E-state index >= 15 is 8.78 Å². The van der Waals surface area contributed by atoms with Gasteiger partial charge in [0.15, 0.2) is 9.84 Å². The molecule has 0 fully saturated rings. The number of hydrogen-bond acceptors (Lipinski definition) is 4. The van der Waals surface area contributed by atoms with Crippen LogP contribution in [0.3, 0.4) is 0 Å². The summed E-state index contributed by atoms with van der Waals surface area (Å²) in [6.07, 6.45) is 3.14. The van der Waals surface area contributed by atoms with E-state index in [1.807, 2.05) is 12.1 Å². The summed E-state index contributed by atoms with van der Waals surface area (Å²) >= 11 is 24.8. The fourth-order valence-corrected chi connectivity index (χ4v) is 7.87. The van der Waals surface area contributed by atoms with Gasteiger partial charge in [0, 0.05) is 65.9 Å². The van der Waals surface area contributed by atoms with Crippen molar-refractivity contribution in [3.8, 4) is 44.8 Å². The summed E-state index contributed by atoms with van der Waals surface area (Å²) in [7, 11) is -3.98. The van der Waals surface area contributed by atoms with E-state index in [9.17, 15) is 8.42 Å². The summed E-state index contributed by atoms with van der Waals surface area (Å²) < 4.78 is 57.1. The highest BCUT2D eigenvalue weighted by atomic mass is 35.5. The van der Waals surface area contributed by atoms with Crippen LogP contribution >= 0.6 is 46.4 Å². The molecule has 0 spiro atoms. The fraction of sp³-hybridized carbons (Fsp3) is 0.0556. The summed E-state index contributed by atoms with van der Waals surface area (Å²) in [6, 6.07) is 25.6. The van der Waals surface area contributed by atoms with Crippen molar-refractivity contribution in [2.45, 2.75) is 11.5 Å². The van der Waals surface area contributed by atoms with E-state index in [2.05, 4.69) is 9.97 Å². The van der Waals surface area contributed by atoms with Crippen molar-refractivity contribution in [1.82, 2.24) is 9.97 Å². The van der Waals surface area contributed by atoms with E-state index < -0.39 is 33.0 Å². The maximum absolute atomic E-state index is 15.4. The van der Waals surface area contributed by atoms with E-state index in [4.69, 9.17) is 46.4 Å². The Labute approximate surface area is 290 Å². The summed E-state index contributed by atoms with van der Waals surface area (Å²) in [5.74, 6) is -2.71. The molecule has 4 aromatic carbocycles. The molecule has 0 N–H and O–H groups in total. The first-order valence-electron chi connectivity index (χ1n) is 14.1. The number of hydrogen-bond donors (Lipinski definition) is 0. The second kappa shape index (κ2) is 13.7. The van der Waals surface area contributed by atoms with Gasteiger partial charge < -0.3 is 0 Å². The van der Waals surface area contributed by atoms with Crippen LogP contribution in [0.2, 0.25) is 20.1 Å². The summed E-state index contributed by atoms with van der Waals surface area (Å²) in [6.45, 7) is 0. The SMILES string of the molecule is O=S(=O)(Cc1ccc(-c2ncccc2-c2cc(Cl)cc(Cl)c2)cc1F)Cc1ccc(-c2ncccc2-c2cc(Cl)cc(Cl)c2)cc1F. The lowest BCUT2D eigenvalue weighted by Gasteiger charge is -2.13. The second-order valence-corrected chi connectivity index (χ2v) is 14.6. The molecule has 0 aliphatic heterocycles. The zero-order valence-electron chi connectivity index (χ0n) is 24.2. The Morgan fingerprint density at radius 1 is 0.511 bits per heavy atom. The van der Waals surface area contributed by atoms with Crippen LogP contribution in [0.25, 0.3) is 44.8 Å². The minimum Gasteiger partial charge on any atom is -0.256 e. The third kappa shape index (κ3) is 7.67. The number of sulfone groups is 1. The number of nitrogens with zero attached hydrogens (tertiary/aromatic N) is 2. The van der Waals surface area contributed by atoms with Gasteiger partial charge in [-0.15, -0.1) is 0 Å². The van der Waals surface area contributed by atoms with Crippen molar-refractivity contribution in [3.05, 3.63) is 152 Å². The Bertz CT molecular complexity index is 2070. The zero-order chi connectivity index (χ0) is 33.3. The molecule has 0 aliphatic carbocycles. The normalized spacial score (nSPS) is 11.5. The van der Waals surface area contributed by atoms with Gasteiger partial charge in [-0.05, 0) is 71.8 Å². The molecule has 236 valence electrons. The largest absolute Gasteiger partial charge is 0.256 e. The molecule has 11 heteroatoms. The number of rotatable bonds is 8. The highest BCUT2D eigenvalue weighted by Crippen LogP contribution is 2.36. The molecule has 0 radical (unpaired) electrons. The van der Waals surface area contributed by atoms with Gasteiger partial charge in [0.2, 0.25) is 0 Å². The lowest BCUT2D eigenvalue weighted by Crippen LogP contribution is -2.10. The van der Waals surface area contributed by atoms with Gasteiger partial charge in [0.25, 0.3) is 0 Å². The van der Waals surface area contributed by atoms with Crippen LogP contribution in [0.4, 0.5) is 8.78 Å². The van der Waals surface area contributed by atoms with Crippen LogP contribution in [0.1, 0.15) is 11.1 Å². The van der Waals surface area contributed by atoms with Crippen molar-refractivity contribution >= 4 is 56.2 Å². The number of aromatic nitrogens is 2. The molecule has 6 aromatic rings. The lowest BCUT2D eigenvalue weighted by atomic mass is 9.98. The average molecular weight is 726 g/mol. The number of pyridine rings is 2. The molecule has 0 saturated carbocycles. The van der Waals surface area contributed by atoms with E-state index in [1.165, 1.54) is 24.3 Å². The third-order valence-corrected chi connectivity index (χ3v) is 9.74. The Kier molecular flexibility index (Phi) is 9.65. The van der Waals surface area contributed by atoms with Crippen molar-refractivity contribution < 1.29 is 17.2 Å². The first-order chi connectivity index (χ1) is 22.5. The number of halogens is 6. The van der Waals surface area contributed by atoms with Gasteiger partial charge in [-0.2, -0.15) is 0 Å². The quantitative estimate of drug-likeness (QED) is 0.157. The molecule has 0 unspecified atom stereocenters. The molecule has 6 rings (SSSR count). The summed E-state index contributed by atoms with van der Waals surface area (Å²) in [5, 5.41) is 1.74. The smallest absolute Gasteiger partial charge is 0.158 e. The third-order valence-electron chi connectivity index (χ3n) is 7.37. The summed E-state index contributed by atoms with van der Waals surface area (Å²) in [4.78, 5) is 8.85. The monoisotopic (exact) mass is 724 g/mol. The zero-order valence-corrected chi connectivity index (χ0v) is 28.0. The lowest BCUT2D eigenvalue weighted by molar-refractivity contribution is 0.581. The molecule has 0 saturated heterocycles. The molecule has 0 amide bonds. The maximum atomic E-state index is 15.4. The van der Waals surface area contributed by atoms with E-state index in [1.54, 1.807) is 73.1 Å². The van der Waals surface area contributed by atoms with Gasteiger partial charge in [-0.1, -0.05) is 82.8 Å². The molecule has 0 bridgehead atoms. The average Bonchev–Trinajstić information content (AvgIpc) is 3.02. The van der Waals surface area contributed by atoms with Crippen molar-refractivity contribution in [2.75, 3.05) is 0 Å². The fourth-order valence-electron chi connectivity index (χ4n) is 5.30. The van der Waals surface area contributed by atoms with Crippen LogP contribution < -0.4 is 0 Å². The Morgan fingerprint density at radius 3 is 1.26 bits per heavy atom. The van der Waals surface area contributed by atoms with Gasteiger partial charge in [0.05, 0.1) is 22.9 Å². The van der Waals surface area contributed by atoms with Crippen LogP contribution in [0.5, 0.6) is 0 Å². The first-order valence-corrected chi connectivity index (χ1v) is 17.4. The Morgan fingerprint density at radius 2 is 0.894 bits per heavy atom. The van der Waals surface area contributed by atoms with Crippen molar-refractivity contribution in [1.29, 1.82) is 0 Å². The maximum Gasteiger partial charge on any atom is 0.158 e. The van der Waals surface area contributed by atoms with Gasteiger partial charge >= 0.3 is 0 Å². The predicted molar refractivity (Wildman–Crippen MR) is 187 cm³/mol. The van der Waals surface area contributed by atoms with Crippen LogP contribution in [-0.2, 0) is 21.3 Å². The molecule has 2 aromatic heterocycles. The van der Waals surface area contributed by atoms with Crippen LogP contribution in [0, 0.1) is 11.6 Å². The van der Waals surface area contributed by atoms with Crippen LogP contribution in [0.15, 0.2) is 109 Å². The molecule has 47 heavy (non-hydrogen) atoms. The van der Waals surface area contributed by atoms with Gasteiger partial charge in [0.1, 0.15) is 11.6 Å². The van der Waals surface area contributed by atoms with Crippen molar-refractivity contribution in [3.63, 3.8) is 0 Å². The first kappa shape index (κ1) is 33.1. The van der Waals surface area contributed by atoms with E-state index in [0.717, 1.165) is 0 Å². The number of benzene rings is 4. The second-order valence-electron chi connectivity index (χ2n) is 10.8. The van der Waals surface area contributed by atoms with Crippen molar-refractivity contribution in [2.24, 2.45) is 0 Å². The Hall–Kier alpha value is -3.85. The molecule has 0 atom stereocenters. The van der Waals surface area contributed by atoms with Gasteiger partial charge in [-0.3, -0.25) is 9.97 Å². The van der Waals surface area contributed by atoms with Gasteiger partial charge in [-0.25, -0.2) is 17.2 Å². The Balaban J connectivity index is 1.23. The minimum atomic E-state index is -3.98. The molecule has 4 nitrogen and oxygen atoms in total. The standard InChI is InChI=1S/C36H22Cl4F2N2O2S/c37-27-11-25(12-28(38)17-27)31-3-1-9-43-35(31)21-5-7-23(33(41)15-21)19-47(45,46)20-24-8-6-22(16-34(24)42)36-32(4-2-10-44-36)26-13-29(39)18-30(40)14-26/h1-18H,19-20H2. The van der Waals surface area contributed by atoms with Crippen LogP contribution in [-0.4, -0.2) is 18.4 Å². The molecular formula is C36H22Cl4F2N2O2S. The minimum absolute atomic E-state index is 0.0487. The molecule has 2 heterocycles. The highest BCUT2D eigenvalue weighted by Gasteiger charge is 2.21. The molecular weight excluding hydrogens is 704 g/mol. The van der Waals surface area contributed by atoms with E-state index in [-0.39, 0.29) is 11.1 Å². The molecule has 0 aliphatic rings. The highest BCUT2D eigenvalue weighted by molar-refractivity contribution is 7.89. The predicted octanol–water partition coefficient (Wildman–Crippen LogP) is 11.2. The van der Waals surface area contributed by atoms with E-state index in [0.29, 0.717) is 64.9 Å². The summed E-state index contributed by atoms with van der Waals surface area (Å²) in [5.41, 5.74) is 4.44. The topological polar surface area (TPSA) is 59.9 Å².